The van der Waals surface area contributed by atoms with Crippen molar-refractivity contribution in [1.29, 1.82) is 0 Å². The van der Waals surface area contributed by atoms with Crippen molar-refractivity contribution in [3.63, 3.8) is 0 Å². The molecule has 1 aromatic rings. The molecule has 1 aromatic carbocycles. The average molecular weight is 253 g/mol. The fourth-order valence-electron chi connectivity index (χ4n) is 1.41. The molecule has 0 heterocycles. The van der Waals surface area contributed by atoms with Gasteiger partial charge in [-0.25, -0.2) is 0 Å². The van der Waals surface area contributed by atoms with Crippen molar-refractivity contribution >= 4 is 11.4 Å². The smallest absolute Gasteiger partial charge is 0.280 e. The normalized spacial score (nSPS) is 12.1. The van der Waals surface area contributed by atoms with Gasteiger partial charge in [0, 0.05) is 24.2 Å². The molecule has 0 aliphatic rings. The molecule has 0 saturated heterocycles. The molecule has 0 spiro atoms. The fourth-order valence-corrected chi connectivity index (χ4v) is 1.41. The Morgan fingerprint density at radius 1 is 1.28 bits per heavy atom. The highest BCUT2D eigenvalue weighted by Crippen LogP contribution is 2.24. The second-order valence-electron chi connectivity index (χ2n) is 4.02. The molecule has 1 atom stereocenters. The van der Waals surface area contributed by atoms with Crippen LogP contribution in [0.4, 0.5) is 11.4 Å². The quantitative estimate of drug-likeness (QED) is 0.620. The second-order valence-corrected chi connectivity index (χ2v) is 4.02. The van der Waals surface area contributed by atoms with Gasteiger partial charge in [-0.2, -0.15) is 0 Å². The Hall–Kier alpha value is -2.02. The van der Waals surface area contributed by atoms with E-state index in [4.69, 9.17) is 0 Å². The van der Waals surface area contributed by atoms with Crippen molar-refractivity contribution in [1.82, 2.24) is 5.32 Å². The van der Waals surface area contributed by atoms with Crippen LogP contribution < -0.4 is 5.32 Å². The maximum Gasteiger partial charge on any atom is 0.280 e. The minimum Gasteiger partial charge on any atom is -0.310 e. The molecule has 0 aromatic heterocycles. The lowest BCUT2D eigenvalue weighted by Gasteiger charge is -2.11. The van der Waals surface area contributed by atoms with Gasteiger partial charge in [0.15, 0.2) is 0 Å². The lowest BCUT2D eigenvalue weighted by Crippen LogP contribution is -2.24. The minimum absolute atomic E-state index is 0.222. The van der Waals surface area contributed by atoms with Gasteiger partial charge >= 0.3 is 0 Å². The molecule has 7 heteroatoms. The van der Waals surface area contributed by atoms with Crippen molar-refractivity contribution in [3.05, 3.63) is 44.0 Å². The minimum atomic E-state index is -0.640. The lowest BCUT2D eigenvalue weighted by atomic mass is 10.1. The Balaban J connectivity index is 2.97. The summed E-state index contributed by atoms with van der Waals surface area (Å²) in [6.07, 6.45) is 0.904. The Morgan fingerprint density at radius 3 is 2.44 bits per heavy atom. The molecule has 0 fully saturated rings. The van der Waals surface area contributed by atoms with Gasteiger partial charge in [0.05, 0.1) is 15.9 Å². The standard InChI is InChI=1S/C11H15N3O4/c1-3-8(2)12-7-9-4-5-10(13(15)16)6-11(9)14(17)18/h4-6,8,12H,3,7H2,1-2H3. The third-order valence-corrected chi connectivity index (χ3v) is 2.73. The molecule has 98 valence electrons. The van der Waals surface area contributed by atoms with Crippen molar-refractivity contribution in [2.24, 2.45) is 0 Å². The third kappa shape index (κ3) is 3.49. The number of rotatable bonds is 6. The molecule has 1 N–H and O–H groups in total. The molecule has 0 aliphatic heterocycles. The third-order valence-electron chi connectivity index (χ3n) is 2.73. The van der Waals surface area contributed by atoms with Crippen LogP contribution in [0.1, 0.15) is 25.8 Å². The molecule has 0 saturated carbocycles. The van der Waals surface area contributed by atoms with E-state index in [1.807, 2.05) is 13.8 Å². The number of hydrogen-bond donors (Lipinski definition) is 1. The molecule has 7 nitrogen and oxygen atoms in total. The van der Waals surface area contributed by atoms with E-state index in [-0.39, 0.29) is 17.4 Å². The number of benzene rings is 1. The van der Waals surface area contributed by atoms with E-state index in [1.54, 1.807) is 0 Å². The van der Waals surface area contributed by atoms with E-state index in [0.717, 1.165) is 12.5 Å². The van der Waals surface area contributed by atoms with Crippen molar-refractivity contribution in [2.45, 2.75) is 32.9 Å². The number of nitrogens with one attached hydrogen (secondary N) is 1. The monoisotopic (exact) mass is 253 g/mol. The Kier molecular flexibility index (Phi) is 4.73. The summed E-state index contributed by atoms with van der Waals surface area (Å²) in [5.41, 5.74) is -0.0418. The number of non-ortho nitro benzene ring substituents is 1. The molecule has 0 amide bonds. The Morgan fingerprint density at radius 2 is 1.94 bits per heavy atom. The summed E-state index contributed by atoms with van der Waals surface area (Å²) in [6, 6.07) is 3.93. The first-order valence-electron chi connectivity index (χ1n) is 5.60. The average Bonchev–Trinajstić information content (AvgIpc) is 2.35. The maximum atomic E-state index is 10.9. The molecule has 0 radical (unpaired) electrons. The molecule has 1 rings (SSSR count). The van der Waals surface area contributed by atoms with Gasteiger partial charge in [-0.3, -0.25) is 20.2 Å². The van der Waals surface area contributed by atoms with Gasteiger partial charge in [-0.15, -0.1) is 0 Å². The lowest BCUT2D eigenvalue weighted by molar-refractivity contribution is -0.394. The number of hydrogen-bond acceptors (Lipinski definition) is 5. The number of nitro groups is 2. The predicted octanol–water partition coefficient (Wildman–Crippen LogP) is 2.39. The van der Waals surface area contributed by atoms with E-state index in [9.17, 15) is 20.2 Å². The number of nitro benzene ring substituents is 2. The zero-order chi connectivity index (χ0) is 13.7. The van der Waals surface area contributed by atoms with Crippen LogP contribution in [-0.4, -0.2) is 15.9 Å². The van der Waals surface area contributed by atoms with E-state index < -0.39 is 9.85 Å². The fraction of sp³-hybridized carbons (Fsp3) is 0.455. The van der Waals surface area contributed by atoms with E-state index >= 15 is 0 Å². The first-order chi connectivity index (χ1) is 8.45. The summed E-state index contributed by atoms with van der Waals surface area (Å²) in [7, 11) is 0. The first-order valence-corrected chi connectivity index (χ1v) is 5.60. The van der Waals surface area contributed by atoms with Gasteiger partial charge in [0.1, 0.15) is 0 Å². The van der Waals surface area contributed by atoms with Crippen LogP contribution in [0.3, 0.4) is 0 Å². The molecule has 1 unspecified atom stereocenters. The van der Waals surface area contributed by atoms with Crippen LogP contribution >= 0.6 is 0 Å². The zero-order valence-electron chi connectivity index (χ0n) is 10.3. The predicted molar refractivity (Wildman–Crippen MR) is 66.3 cm³/mol. The summed E-state index contributed by atoms with van der Waals surface area (Å²) in [5.74, 6) is 0. The largest absolute Gasteiger partial charge is 0.310 e. The van der Waals surface area contributed by atoms with E-state index in [1.165, 1.54) is 12.1 Å². The second kappa shape index (κ2) is 6.06. The molecular formula is C11H15N3O4. The van der Waals surface area contributed by atoms with Gasteiger partial charge < -0.3 is 5.32 Å². The van der Waals surface area contributed by atoms with Gasteiger partial charge in [0.2, 0.25) is 0 Å². The molecule has 18 heavy (non-hydrogen) atoms. The highest BCUT2D eigenvalue weighted by molar-refractivity contribution is 5.49. The van der Waals surface area contributed by atoms with E-state index in [2.05, 4.69) is 5.32 Å². The molecule has 0 bridgehead atoms. The van der Waals surface area contributed by atoms with Crippen LogP contribution in [0, 0.1) is 20.2 Å². The highest BCUT2D eigenvalue weighted by atomic mass is 16.6. The molecule has 0 aliphatic carbocycles. The van der Waals surface area contributed by atoms with E-state index in [0.29, 0.717) is 12.1 Å². The van der Waals surface area contributed by atoms with Crippen molar-refractivity contribution < 1.29 is 9.85 Å². The first kappa shape index (κ1) is 14.0. The summed E-state index contributed by atoms with van der Waals surface area (Å²) >= 11 is 0. The van der Waals surface area contributed by atoms with Crippen LogP contribution in [0.15, 0.2) is 18.2 Å². The summed E-state index contributed by atoms with van der Waals surface area (Å²) in [4.78, 5) is 20.2. The topological polar surface area (TPSA) is 98.3 Å². The summed E-state index contributed by atoms with van der Waals surface area (Å²) in [6.45, 7) is 4.29. The van der Waals surface area contributed by atoms with Crippen LogP contribution in [0.2, 0.25) is 0 Å². The highest BCUT2D eigenvalue weighted by Gasteiger charge is 2.19. The Bertz CT molecular complexity index is 462. The maximum absolute atomic E-state index is 10.9. The Labute approximate surface area is 104 Å². The van der Waals surface area contributed by atoms with Crippen LogP contribution in [0.25, 0.3) is 0 Å². The zero-order valence-corrected chi connectivity index (χ0v) is 10.3. The summed E-state index contributed by atoms with van der Waals surface area (Å²) < 4.78 is 0. The van der Waals surface area contributed by atoms with Gasteiger partial charge in [0.25, 0.3) is 11.4 Å². The molecular weight excluding hydrogens is 238 g/mol. The van der Waals surface area contributed by atoms with Crippen molar-refractivity contribution in [3.8, 4) is 0 Å². The summed E-state index contributed by atoms with van der Waals surface area (Å²) in [5, 5.41) is 24.6. The SMILES string of the molecule is CCC(C)NCc1ccc([N+](=O)[O-])cc1[N+](=O)[O-]. The van der Waals surface area contributed by atoms with Gasteiger partial charge in [-0.05, 0) is 19.4 Å². The van der Waals surface area contributed by atoms with Crippen LogP contribution in [0.5, 0.6) is 0 Å². The van der Waals surface area contributed by atoms with Crippen LogP contribution in [-0.2, 0) is 6.54 Å². The van der Waals surface area contributed by atoms with Gasteiger partial charge in [-0.1, -0.05) is 6.92 Å². The van der Waals surface area contributed by atoms with Crippen molar-refractivity contribution in [2.75, 3.05) is 0 Å². The number of nitrogens with zero attached hydrogens (tertiary/aromatic N) is 2.